The summed E-state index contributed by atoms with van der Waals surface area (Å²) in [6.07, 6.45) is 1.05. The number of halogens is 1. The second-order valence-electron chi connectivity index (χ2n) is 3.77. The quantitative estimate of drug-likeness (QED) is 0.801. The van der Waals surface area contributed by atoms with E-state index in [9.17, 15) is 0 Å². The fourth-order valence-corrected chi connectivity index (χ4v) is 1.61. The molecule has 0 spiro atoms. The van der Waals surface area contributed by atoms with Crippen LogP contribution in [0.25, 0.3) is 0 Å². The molecule has 0 fully saturated rings. The van der Waals surface area contributed by atoms with Crippen molar-refractivity contribution in [3.05, 3.63) is 47.0 Å². The molecule has 0 bridgehead atoms. The van der Waals surface area contributed by atoms with Crippen LogP contribution in [0.3, 0.4) is 0 Å². The molecular formula is C13H18ClN. The molecule has 1 nitrogen and oxygen atoms in total. The van der Waals surface area contributed by atoms with Gasteiger partial charge in [-0.25, -0.2) is 0 Å². The summed E-state index contributed by atoms with van der Waals surface area (Å²) in [5.41, 5.74) is 2.59. The van der Waals surface area contributed by atoms with Crippen molar-refractivity contribution in [3.63, 3.8) is 0 Å². The van der Waals surface area contributed by atoms with Gasteiger partial charge < -0.3 is 5.32 Å². The molecule has 0 radical (unpaired) electrons. The van der Waals surface area contributed by atoms with Gasteiger partial charge in [0.25, 0.3) is 0 Å². The maximum absolute atomic E-state index is 5.73. The smallest absolute Gasteiger partial charge is 0.0320 e. The van der Waals surface area contributed by atoms with E-state index in [2.05, 4.69) is 50.0 Å². The van der Waals surface area contributed by atoms with Crippen molar-refractivity contribution in [3.8, 4) is 0 Å². The molecule has 2 heteroatoms. The van der Waals surface area contributed by atoms with Crippen molar-refractivity contribution >= 4 is 11.6 Å². The molecule has 82 valence electrons. The Bertz CT molecular complexity index is 316. The second-order valence-corrected chi connectivity index (χ2v) is 4.30. The highest BCUT2D eigenvalue weighted by Gasteiger charge is 2.07. The predicted molar refractivity (Wildman–Crippen MR) is 67.2 cm³/mol. The fraction of sp³-hybridized carbons (Fsp3) is 0.385. The van der Waals surface area contributed by atoms with Crippen molar-refractivity contribution in [2.45, 2.75) is 26.3 Å². The Hall–Kier alpha value is -0.790. The van der Waals surface area contributed by atoms with Crippen molar-refractivity contribution in [1.29, 1.82) is 0 Å². The van der Waals surface area contributed by atoms with Crippen molar-refractivity contribution in [2.24, 2.45) is 0 Å². The minimum absolute atomic E-state index is 0.362. The maximum atomic E-state index is 5.73. The third kappa shape index (κ3) is 4.06. The van der Waals surface area contributed by atoms with Crippen LogP contribution in [-0.2, 0) is 0 Å². The van der Waals surface area contributed by atoms with Gasteiger partial charge in [-0.2, -0.15) is 0 Å². The molecule has 0 saturated heterocycles. The summed E-state index contributed by atoms with van der Waals surface area (Å²) in [5, 5.41) is 4.03. The number of aryl methyl sites for hydroxylation is 1. The van der Waals surface area contributed by atoms with Gasteiger partial charge in [-0.3, -0.25) is 0 Å². The van der Waals surface area contributed by atoms with Gasteiger partial charge in [0.15, 0.2) is 0 Å². The van der Waals surface area contributed by atoms with E-state index in [1.165, 1.54) is 11.1 Å². The van der Waals surface area contributed by atoms with Crippen molar-refractivity contribution in [2.75, 3.05) is 6.54 Å². The number of hydrogen-bond donors (Lipinski definition) is 1. The molecule has 1 unspecified atom stereocenters. The lowest BCUT2D eigenvalue weighted by Gasteiger charge is -2.17. The van der Waals surface area contributed by atoms with Crippen LogP contribution in [0.1, 0.15) is 30.5 Å². The number of rotatable bonds is 5. The average Bonchev–Trinajstić information content (AvgIpc) is 2.21. The van der Waals surface area contributed by atoms with Gasteiger partial charge in [-0.1, -0.05) is 54.9 Å². The van der Waals surface area contributed by atoms with Crippen LogP contribution in [0.2, 0.25) is 0 Å². The zero-order valence-corrected chi connectivity index (χ0v) is 10.1. The zero-order chi connectivity index (χ0) is 11.3. The van der Waals surface area contributed by atoms with Crippen LogP contribution < -0.4 is 5.32 Å². The van der Waals surface area contributed by atoms with Crippen LogP contribution in [-0.4, -0.2) is 6.54 Å². The molecule has 0 aliphatic carbocycles. The largest absolute Gasteiger partial charge is 0.305 e. The Morgan fingerprint density at radius 1 is 1.40 bits per heavy atom. The van der Waals surface area contributed by atoms with E-state index in [1.54, 1.807) is 0 Å². The standard InChI is InChI=1S/C13H18ClN/c1-4-13(15-9-11(3)14)12-7-5-10(2)6-8-12/h5-8,13,15H,3-4,9H2,1-2H3. The summed E-state index contributed by atoms with van der Waals surface area (Å²) in [6, 6.07) is 8.95. The van der Waals surface area contributed by atoms with Gasteiger partial charge in [-0.15, -0.1) is 0 Å². The number of hydrogen-bond acceptors (Lipinski definition) is 1. The van der Waals surface area contributed by atoms with E-state index in [0.717, 1.165) is 6.42 Å². The molecule has 0 amide bonds. The van der Waals surface area contributed by atoms with Crippen molar-refractivity contribution in [1.82, 2.24) is 5.32 Å². The normalized spacial score (nSPS) is 12.5. The van der Waals surface area contributed by atoms with Crippen LogP contribution >= 0.6 is 11.6 Å². The summed E-state index contributed by atoms with van der Waals surface area (Å²) in [5.74, 6) is 0. The summed E-state index contributed by atoms with van der Waals surface area (Å²) in [7, 11) is 0. The Morgan fingerprint density at radius 3 is 2.47 bits per heavy atom. The molecule has 0 aliphatic rings. The summed E-state index contributed by atoms with van der Waals surface area (Å²) >= 11 is 5.73. The first-order chi connectivity index (χ1) is 7.13. The molecule has 1 rings (SSSR count). The summed E-state index contributed by atoms with van der Waals surface area (Å²) in [6.45, 7) is 8.59. The molecule has 1 aromatic rings. The van der Waals surface area contributed by atoms with Crippen LogP contribution in [0, 0.1) is 6.92 Å². The van der Waals surface area contributed by atoms with Crippen LogP contribution in [0.15, 0.2) is 35.9 Å². The predicted octanol–water partition coefficient (Wildman–Crippen LogP) is 3.79. The van der Waals surface area contributed by atoms with Gasteiger partial charge >= 0.3 is 0 Å². The first kappa shape index (κ1) is 12.3. The molecule has 0 aromatic heterocycles. The Kier molecular flexibility index (Phi) is 4.86. The lowest BCUT2D eigenvalue weighted by Crippen LogP contribution is -2.21. The van der Waals surface area contributed by atoms with Gasteiger partial charge in [-0.05, 0) is 18.9 Å². The van der Waals surface area contributed by atoms with Gasteiger partial charge in [0.05, 0.1) is 0 Å². The van der Waals surface area contributed by atoms with E-state index in [4.69, 9.17) is 11.6 Å². The summed E-state index contributed by atoms with van der Waals surface area (Å²) in [4.78, 5) is 0. The number of benzene rings is 1. The lowest BCUT2D eigenvalue weighted by atomic mass is 10.0. The van der Waals surface area contributed by atoms with E-state index >= 15 is 0 Å². The molecule has 0 saturated carbocycles. The Labute approximate surface area is 97.1 Å². The average molecular weight is 224 g/mol. The minimum atomic E-state index is 0.362. The highest BCUT2D eigenvalue weighted by atomic mass is 35.5. The Balaban J connectivity index is 2.65. The first-order valence-corrected chi connectivity index (χ1v) is 5.64. The highest BCUT2D eigenvalue weighted by molar-refractivity contribution is 6.29. The van der Waals surface area contributed by atoms with E-state index in [1.807, 2.05) is 0 Å². The topological polar surface area (TPSA) is 12.0 Å². The lowest BCUT2D eigenvalue weighted by molar-refractivity contribution is 0.549. The van der Waals surface area contributed by atoms with Crippen molar-refractivity contribution < 1.29 is 0 Å². The molecular weight excluding hydrogens is 206 g/mol. The molecule has 15 heavy (non-hydrogen) atoms. The molecule has 0 heterocycles. The first-order valence-electron chi connectivity index (χ1n) is 5.26. The maximum Gasteiger partial charge on any atom is 0.0320 e. The van der Waals surface area contributed by atoms with Gasteiger partial charge in [0, 0.05) is 17.6 Å². The Morgan fingerprint density at radius 2 is 2.00 bits per heavy atom. The van der Waals surface area contributed by atoms with Gasteiger partial charge in [0.1, 0.15) is 0 Å². The monoisotopic (exact) mass is 223 g/mol. The van der Waals surface area contributed by atoms with E-state index < -0.39 is 0 Å². The molecule has 0 aliphatic heterocycles. The minimum Gasteiger partial charge on any atom is -0.305 e. The zero-order valence-electron chi connectivity index (χ0n) is 9.39. The SMILES string of the molecule is C=C(Cl)CNC(CC)c1ccc(C)cc1. The molecule has 1 atom stereocenters. The fourth-order valence-electron chi connectivity index (χ4n) is 1.53. The molecule has 1 aromatic carbocycles. The van der Waals surface area contributed by atoms with E-state index in [-0.39, 0.29) is 0 Å². The van der Waals surface area contributed by atoms with Crippen LogP contribution in [0.4, 0.5) is 0 Å². The highest BCUT2D eigenvalue weighted by Crippen LogP contribution is 2.17. The van der Waals surface area contributed by atoms with Crippen LogP contribution in [0.5, 0.6) is 0 Å². The van der Waals surface area contributed by atoms with E-state index in [0.29, 0.717) is 17.6 Å². The molecule has 1 N–H and O–H groups in total. The number of nitrogens with one attached hydrogen (secondary N) is 1. The second kappa shape index (κ2) is 5.94. The summed E-state index contributed by atoms with van der Waals surface area (Å²) < 4.78 is 0. The van der Waals surface area contributed by atoms with Gasteiger partial charge in [0.2, 0.25) is 0 Å². The third-order valence-corrected chi connectivity index (χ3v) is 2.56. The third-order valence-electron chi connectivity index (χ3n) is 2.43.